The number of aliphatic carboxylic acids is 1. The number of rotatable bonds is 6. The number of aromatic nitrogens is 1. The fraction of sp³-hybridized carbons (Fsp3) is 0.150. The number of carbonyl (C=O) groups is 1. The maximum atomic E-state index is 12.2. The van der Waals surface area contributed by atoms with E-state index in [0.29, 0.717) is 17.7 Å². The van der Waals surface area contributed by atoms with E-state index in [4.69, 9.17) is 4.74 Å². The summed E-state index contributed by atoms with van der Waals surface area (Å²) in [6, 6.07) is 18.7. The molecule has 0 radical (unpaired) electrons. The van der Waals surface area contributed by atoms with Gasteiger partial charge < -0.3 is 14.4 Å². The first-order chi connectivity index (χ1) is 12.1. The topological polar surface area (TPSA) is 51.5 Å². The highest BCUT2D eigenvalue weighted by molar-refractivity contribution is 14.1. The molecule has 0 aliphatic carbocycles. The lowest BCUT2D eigenvalue weighted by Crippen LogP contribution is -2.41. The van der Waals surface area contributed by atoms with Crippen LogP contribution >= 0.6 is 22.6 Å². The van der Waals surface area contributed by atoms with Crippen molar-refractivity contribution in [1.29, 1.82) is 0 Å². The Morgan fingerprint density at radius 2 is 1.84 bits per heavy atom. The predicted octanol–water partition coefficient (Wildman–Crippen LogP) is 4.85. The Labute approximate surface area is 160 Å². The number of para-hydroxylation sites is 2. The van der Waals surface area contributed by atoms with Crippen molar-refractivity contribution in [1.82, 2.24) is 4.57 Å². The molecule has 0 saturated heterocycles. The van der Waals surface area contributed by atoms with Crippen LogP contribution in [0.1, 0.15) is 18.9 Å². The quantitative estimate of drug-likeness (QED) is 0.550. The minimum atomic E-state index is -1.44. The Bertz CT molecular complexity index is 876. The standard InChI is InChI=1S/C20H18INO3/c1-2-20(19(23)24,15-8-7-9-16(21)14-15)25-18-11-4-3-10-17(18)22-12-5-6-13-22/h3-14H,2H2,1H3,(H,23,24). The molecule has 2 aromatic carbocycles. The van der Waals surface area contributed by atoms with Crippen molar-refractivity contribution in [2.45, 2.75) is 18.9 Å². The third-order valence-electron chi connectivity index (χ3n) is 4.17. The van der Waals surface area contributed by atoms with E-state index in [9.17, 15) is 9.90 Å². The van der Waals surface area contributed by atoms with Gasteiger partial charge in [-0.25, -0.2) is 4.79 Å². The first kappa shape index (κ1) is 17.5. The number of ether oxygens (including phenoxy) is 1. The van der Waals surface area contributed by atoms with Gasteiger partial charge in [-0.2, -0.15) is 0 Å². The number of hydrogen-bond acceptors (Lipinski definition) is 2. The van der Waals surface area contributed by atoms with Crippen molar-refractivity contribution in [3.05, 3.63) is 82.2 Å². The van der Waals surface area contributed by atoms with Crippen LogP contribution in [0.5, 0.6) is 5.75 Å². The smallest absolute Gasteiger partial charge is 0.352 e. The zero-order valence-electron chi connectivity index (χ0n) is 13.7. The summed E-state index contributed by atoms with van der Waals surface area (Å²) in [5, 5.41) is 10.0. The number of carboxylic acid groups (broad SMARTS) is 1. The van der Waals surface area contributed by atoms with Gasteiger partial charge >= 0.3 is 5.97 Å². The average Bonchev–Trinajstić information content (AvgIpc) is 3.14. The lowest BCUT2D eigenvalue weighted by molar-refractivity contribution is -0.156. The maximum Gasteiger partial charge on any atom is 0.352 e. The Morgan fingerprint density at radius 1 is 1.12 bits per heavy atom. The van der Waals surface area contributed by atoms with Gasteiger partial charge in [0, 0.05) is 21.5 Å². The summed E-state index contributed by atoms with van der Waals surface area (Å²) in [7, 11) is 0. The highest BCUT2D eigenvalue weighted by atomic mass is 127. The summed E-state index contributed by atoms with van der Waals surface area (Å²) in [5.74, 6) is -0.471. The molecule has 0 spiro atoms. The van der Waals surface area contributed by atoms with Crippen molar-refractivity contribution in [3.63, 3.8) is 0 Å². The molecule has 1 atom stereocenters. The molecular weight excluding hydrogens is 429 g/mol. The van der Waals surface area contributed by atoms with Gasteiger partial charge in [-0.1, -0.05) is 31.2 Å². The molecular formula is C20H18INO3. The van der Waals surface area contributed by atoms with Crippen LogP contribution in [-0.4, -0.2) is 15.6 Å². The van der Waals surface area contributed by atoms with E-state index in [2.05, 4.69) is 22.6 Å². The third-order valence-corrected chi connectivity index (χ3v) is 4.84. The molecule has 3 aromatic rings. The molecule has 0 amide bonds. The predicted molar refractivity (Wildman–Crippen MR) is 105 cm³/mol. The minimum absolute atomic E-state index is 0.308. The fourth-order valence-corrected chi connectivity index (χ4v) is 3.38. The lowest BCUT2D eigenvalue weighted by Gasteiger charge is -2.31. The van der Waals surface area contributed by atoms with Gasteiger partial charge in [-0.05, 0) is 65.4 Å². The van der Waals surface area contributed by atoms with Gasteiger partial charge in [0.2, 0.25) is 5.60 Å². The minimum Gasteiger partial charge on any atom is -0.478 e. The number of carboxylic acids is 1. The maximum absolute atomic E-state index is 12.2. The molecule has 1 unspecified atom stereocenters. The first-order valence-electron chi connectivity index (χ1n) is 7.97. The summed E-state index contributed by atoms with van der Waals surface area (Å²) in [4.78, 5) is 12.2. The second kappa shape index (κ2) is 7.31. The average molecular weight is 447 g/mol. The highest BCUT2D eigenvalue weighted by Crippen LogP contribution is 2.35. The molecule has 128 valence electrons. The van der Waals surface area contributed by atoms with Gasteiger partial charge in [-0.3, -0.25) is 0 Å². The van der Waals surface area contributed by atoms with Crippen molar-refractivity contribution >= 4 is 28.6 Å². The molecule has 4 nitrogen and oxygen atoms in total. The number of nitrogens with zero attached hydrogens (tertiary/aromatic N) is 1. The number of halogens is 1. The van der Waals surface area contributed by atoms with Crippen LogP contribution in [0, 0.1) is 3.57 Å². The molecule has 25 heavy (non-hydrogen) atoms. The zero-order chi connectivity index (χ0) is 17.9. The summed E-state index contributed by atoms with van der Waals surface area (Å²) in [6.07, 6.45) is 4.12. The number of hydrogen-bond donors (Lipinski definition) is 1. The SMILES string of the molecule is CCC(Oc1ccccc1-n1cccc1)(C(=O)O)c1cccc(I)c1. The summed E-state index contributed by atoms with van der Waals surface area (Å²) in [6.45, 7) is 1.83. The lowest BCUT2D eigenvalue weighted by atomic mass is 9.90. The van der Waals surface area contributed by atoms with E-state index in [1.54, 1.807) is 12.1 Å². The van der Waals surface area contributed by atoms with Crippen LogP contribution in [0.2, 0.25) is 0 Å². The van der Waals surface area contributed by atoms with Crippen LogP contribution in [0.3, 0.4) is 0 Å². The first-order valence-corrected chi connectivity index (χ1v) is 9.05. The monoisotopic (exact) mass is 447 g/mol. The Morgan fingerprint density at radius 3 is 2.48 bits per heavy atom. The van der Waals surface area contributed by atoms with E-state index in [0.717, 1.165) is 9.26 Å². The van der Waals surface area contributed by atoms with Crippen molar-refractivity contribution in [2.24, 2.45) is 0 Å². The van der Waals surface area contributed by atoms with Gasteiger partial charge in [0.1, 0.15) is 5.75 Å². The molecule has 0 saturated carbocycles. The third kappa shape index (κ3) is 3.42. The fourth-order valence-electron chi connectivity index (χ4n) is 2.83. The second-order valence-corrected chi connectivity index (χ2v) is 6.90. The van der Waals surface area contributed by atoms with Crippen LogP contribution in [0.25, 0.3) is 5.69 Å². The molecule has 0 fully saturated rings. The van der Waals surface area contributed by atoms with Gasteiger partial charge in [-0.15, -0.1) is 0 Å². The highest BCUT2D eigenvalue weighted by Gasteiger charge is 2.42. The van der Waals surface area contributed by atoms with Gasteiger partial charge in [0.25, 0.3) is 0 Å². The van der Waals surface area contributed by atoms with Crippen molar-refractivity contribution in [3.8, 4) is 11.4 Å². The van der Waals surface area contributed by atoms with E-state index >= 15 is 0 Å². The van der Waals surface area contributed by atoms with E-state index in [1.807, 2.05) is 72.4 Å². The Balaban J connectivity index is 2.11. The van der Waals surface area contributed by atoms with Gasteiger partial charge in [0.05, 0.1) is 5.69 Å². The molecule has 0 aliphatic heterocycles. The molecule has 0 aliphatic rings. The Hall–Kier alpha value is -2.28. The summed E-state index contributed by atoms with van der Waals surface area (Å²) in [5.41, 5.74) is -0.00123. The van der Waals surface area contributed by atoms with E-state index in [-0.39, 0.29) is 0 Å². The van der Waals surface area contributed by atoms with Crippen molar-refractivity contribution < 1.29 is 14.6 Å². The Kier molecular flexibility index (Phi) is 5.13. The van der Waals surface area contributed by atoms with Crippen LogP contribution < -0.4 is 4.74 Å². The molecule has 0 bridgehead atoms. The molecule has 5 heteroatoms. The van der Waals surface area contributed by atoms with Crippen LogP contribution in [0.4, 0.5) is 0 Å². The van der Waals surface area contributed by atoms with Gasteiger partial charge in [0.15, 0.2) is 0 Å². The van der Waals surface area contributed by atoms with Crippen molar-refractivity contribution in [2.75, 3.05) is 0 Å². The summed E-state index contributed by atoms with van der Waals surface area (Å²) >= 11 is 2.18. The molecule has 1 heterocycles. The molecule has 1 aromatic heterocycles. The largest absolute Gasteiger partial charge is 0.478 e. The number of benzene rings is 2. The van der Waals surface area contributed by atoms with E-state index < -0.39 is 11.6 Å². The molecule has 3 rings (SSSR count). The normalized spacial score (nSPS) is 13.2. The van der Waals surface area contributed by atoms with E-state index in [1.165, 1.54) is 0 Å². The summed E-state index contributed by atoms with van der Waals surface area (Å²) < 4.78 is 9.06. The second-order valence-electron chi connectivity index (χ2n) is 5.66. The molecule has 1 N–H and O–H groups in total. The zero-order valence-corrected chi connectivity index (χ0v) is 15.9. The van der Waals surface area contributed by atoms with Crippen LogP contribution in [0.15, 0.2) is 73.1 Å². The van der Waals surface area contributed by atoms with Crippen LogP contribution in [-0.2, 0) is 10.4 Å².